The fourth-order valence-corrected chi connectivity index (χ4v) is 1.19. The Morgan fingerprint density at radius 3 is 2.08 bits per heavy atom. The molecule has 0 radical (unpaired) electrons. The van der Waals surface area contributed by atoms with Gasteiger partial charge in [0.25, 0.3) is 5.92 Å². The van der Waals surface area contributed by atoms with Gasteiger partial charge in [0.1, 0.15) is 0 Å². The first-order valence-electron chi connectivity index (χ1n) is 3.89. The van der Waals surface area contributed by atoms with Crippen LogP contribution in [-0.4, -0.2) is 35.7 Å². The Bertz CT molecular complexity index is 233. The molecule has 0 unspecified atom stereocenters. The van der Waals surface area contributed by atoms with Crippen molar-refractivity contribution in [3.8, 4) is 0 Å². The number of carbonyl (C=O) groups is 2. The van der Waals surface area contributed by atoms with Crippen LogP contribution in [0, 0.1) is 0 Å². The van der Waals surface area contributed by atoms with Gasteiger partial charge < -0.3 is 10.6 Å². The summed E-state index contributed by atoms with van der Waals surface area (Å²) in [5.74, 6) is -4.69. The molecule has 0 atom stereocenters. The maximum absolute atomic E-state index is 12.6. The van der Waals surface area contributed by atoms with Crippen LogP contribution in [0.2, 0.25) is 0 Å². The molecule has 2 N–H and O–H groups in total. The lowest BCUT2D eigenvalue weighted by Crippen LogP contribution is -2.47. The summed E-state index contributed by atoms with van der Waals surface area (Å²) in [6, 6.07) is 0. The van der Waals surface area contributed by atoms with Crippen LogP contribution in [0.25, 0.3) is 0 Å². The molecule has 6 heteroatoms. The molecule has 74 valence electrons. The summed E-state index contributed by atoms with van der Waals surface area (Å²) in [5, 5.41) is 0. The summed E-state index contributed by atoms with van der Waals surface area (Å²) in [4.78, 5) is 22.4. The lowest BCUT2D eigenvalue weighted by Gasteiger charge is -2.30. The lowest BCUT2D eigenvalue weighted by atomic mass is 10.1. The smallest absolute Gasteiger partial charge is 0.311 e. The quantitative estimate of drug-likeness (QED) is 0.537. The van der Waals surface area contributed by atoms with Gasteiger partial charge in [-0.05, 0) is 0 Å². The van der Waals surface area contributed by atoms with Crippen LogP contribution < -0.4 is 5.73 Å². The summed E-state index contributed by atoms with van der Waals surface area (Å²) in [6.07, 6.45) is -0.794. The number of primary amides is 1. The number of nitrogens with zero attached hydrogens (tertiary/aromatic N) is 1. The molecule has 1 fully saturated rings. The molecule has 1 aliphatic rings. The van der Waals surface area contributed by atoms with E-state index < -0.39 is 30.6 Å². The van der Waals surface area contributed by atoms with Crippen molar-refractivity contribution < 1.29 is 18.4 Å². The van der Waals surface area contributed by atoms with E-state index in [9.17, 15) is 18.4 Å². The number of likely N-dealkylation sites (tertiary alicyclic amines) is 1. The number of rotatable bonds is 0. The van der Waals surface area contributed by atoms with Gasteiger partial charge in [0.15, 0.2) is 0 Å². The summed E-state index contributed by atoms with van der Waals surface area (Å²) < 4.78 is 25.2. The predicted octanol–water partition coefficient (Wildman–Crippen LogP) is -0.271. The Hall–Kier alpha value is -1.20. The number of amides is 2. The Kier molecular flexibility index (Phi) is 2.49. The van der Waals surface area contributed by atoms with Crippen molar-refractivity contribution >= 4 is 11.8 Å². The first-order valence-corrected chi connectivity index (χ1v) is 3.89. The Labute approximate surface area is 73.7 Å². The largest absolute Gasteiger partial charge is 0.361 e. The topological polar surface area (TPSA) is 63.4 Å². The van der Waals surface area contributed by atoms with Crippen molar-refractivity contribution in [1.82, 2.24) is 4.90 Å². The van der Waals surface area contributed by atoms with Gasteiger partial charge in [0.2, 0.25) is 0 Å². The average Bonchev–Trinajstić information content (AvgIpc) is 2.03. The van der Waals surface area contributed by atoms with Gasteiger partial charge in [-0.1, -0.05) is 0 Å². The van der Waals surface area contributed by atoms with E-state index in [1.165, 1.54) is 0 Å². The molecule has 0 aromatic carbocycles. The molecule has 0 spiro atoms. The zero-order chi connectivity index (χ0) is 10.1. The van der Waals surface area contributed by atoms with Crippen molar-refractivity contribution in [2.45, 2.75) is 18.8 Å². The summed E-state index contributed by atoms with van der Waals surface area (Å²) in [7, 11) is 0. The molecule has 1 saturated heterocycles. The van der Waals surface area contributed by atoms with Gasteiger partial charge in [-0.25, -0.2) is 8.78 Å². The highest BCUT2D eigenvalue weighted by molar-refractivity contribution is 6.34. The van der Waals surface area contributed by atoms with Gasteiger partial charge in [0, 0.05) is 25.9 Å². The highest BCUT2D eigenvalue weighted by atomic mass is 19.3. The van der Waals surface area contributed by atoms with Gasteiger partial charge in [-0.2, -0.15) is 0 Å². The predicted molar refractivity (Wildman–Crippen MR) is 40.0 cm³/mol. The molecular weight excluding hydrogens is 182 g/mol. The fraction of sp³-hybridized carbons (Fsp3) is 0.714. The minimum absolute atomic E-state index is 0.102. The molecule has 4 nitrogen and oxygen atoms in total. The van der Waals surface area contributed by atoms with E-state index in [1.807, 2.05) is 0 Å². The van der Waals surface area contributed by atoms with Gasteiger partial charge in [-0.15, -0.1) is 0 Å². The summed E-state index contributed by atoms with van der Waals surface area (Å²) in [6.45, 7) is -0.205. The first kappa shape index (κ1) is 9.88. The second kappa shape index (κ2) is 3.27. The van der Waals surface area contributed by atoms with E-state index in [0.29, 0.717) is 0 Å². The molecule has 1 heterocycles. The van der Waals surface area contributed by atoms with E-state index in [4.69, 9.17) is 5.73 Å². The third-order valence-electron chi connectivity index (χ3n) is 1.99. The molecular formula is C7H10F2N2O2. The second-order valence-corrected chi connectivity index (χ2v) is 3.01. The van der Waals surface area contributed by atoms with Crippen molar-refractivity contribution in [2.24, 2.45) is 5.73 Å². The summed E-state index contributed by atoms with van der Waals surface area (Å²) in [5.41, 5.74) is 4.72. The van der Waals surface area contributed by atoms with E-state index in [1.54, 1.807) is 0 Å². The Morgan fingerprint density at radius 2 is 1.69 bits per heavy atom. The van der Waals surface area contributed by atoms with E-state index >= 15 is 0 Å². The molecule has 13 heavy (non-hydrogen) atoms. The first-order chi connectivity index (χ1) is 5.92. The molecule has 1 aliphatic heterocycles. The average molecular weight is 192 g/mol. The van der Waals surface area contributed by atoms with Crippen molar-refractivity contribution in [3.63, 3.8) is 0 Å². The number of nitrogens with two attached hydrogens (primary N) is 1. The van der Waals surface area contributed by atoms with Crippen LogP contribution in [-0.2, 0) is 9.59 Å². The monoisotopic (exact) mass is 192 g/mol. The minimum Gasteiger partial charge on any atom is -0.361 e. The van der Waals surface area contributed by atoms with Crippen LogP contribution in [0.3, 0.4) is 0 Å². The third kappa shape index (κ3) is 2.37. The van der Waals surface area contributed by atoms with Crippen LogP contribution in [0.15, 0.2) is 0 Å². The van der Waals surface area contributed by atoms with E-state index in [0.717, 1.165) is 4.90 Å². The Balaban J connectivity index is 2.50. The standard InChI is InChI=1S/C7H10F2N2O2/c8-7(9)1-3-11(4-2-7)6(13)5(10)12/h1-4H2,(H2,10,12). The van der Waals surface area contributed by atoms with E-state index in [2.05, 4.69) is 0 Å². The van der Waals surface area contributed by atoms with Crippen molar-refractivity contribution in [2.75, 3.05) is 13.1 Å². The lowest BCUT2D eigenvalue weighted by molar-refractivity contribution is -0.148. The maximum atomic E-state index is 12.6. The number of alkyl halides is 2. The molecule has 2 amide bonds. The molecule has 0 saturated carbocycles. The molecule has 1 rings (SSSR count). The molecule has 0 bridgehead atoms. The SMILES string of the molecule is NC(=O)C(=O)N1CCC(F)(F)CC1. The zero-order valence-electron chi connectivity index (χ0n) is 6.93. The Morgan fingerprint density at radius 1 is 1.23 bits per heavy atom. The fourth-order valence-electron chi connectivity index (χ4n) is 1.19. The van der Waals surface area contributed by atoms with Crippen LogP contribution in [0.5, 0.6) is 0 Å². The normalized spacial score (nSPS) is 21.2. The molecule has 0 aromatic heterocycles. The molecule has 0 aromatic rings. The maximum Gasteiger partial charge on any atom is 0.311 e. The van der Waals surface area contributed by atoms with Gasteiger partial charge in [0.05, 0.1) is 0 Å². The van der Waals surface area contributed by atoms with Gasteiger partial charge in [-0.3, -0.25) is 9.59 Å². The van der Waals surface area contributed by atoms with Crippen LogP contribution in [0.4, 0.5) is 8.78 Å². The van der Waals surface area contributed by atoms with Crippen LogP contribution in [0.1, 0.15) is 12.8 Å². The third-order valence-corrected chi connectivity index (χ3v) is 1.99. The minimum atomic E-state index is -2.71. The van der Waals surface area contributed by atoms with E-state index in [-0.39, 0.29) is 13.1 Å². The van der Waals surface area contributed by atoms with Gasteiger partial charge >= 0.3 is 11.8 Å². The number of hydrogen-bond acceptors (Lipinski definition) is 2. The zero-order valence-corrected chi connectivity index (χ0v) is 6.93. The second-order valence-electron chi connectivity index (χ2n) is 3.01. The van der Waals surface area contributed by atoms with Crippen LogP contribution >= 0.6 is 0 Å². The van der Waals surface area contributed by atoms with Crippen molar-refractivity contribution in [1.29, 1.82) is 0 Å². The summed E-state index contributed by atoms with van der Waals surface area (Å²) >= 11 is 0. The number of carbonyl (C=O) groups excluding carboxylic acids is 2. The number of piperidine rings is 1. The van der Waals surface area contributed by atoms with Crippen molar-refractivity contribution in [3.05, 3.63) is 0 Å². The molecule has 0 aliphatic carbocycles. The number of halogens is 2. The number of hydrogen-bond donors (Lipinski definition) is 1. The highest BCUT2D eigenvalue weighted by Gasteiger charge is 2.36. The highest BCUT2D eigenvalue weighted by Crippen LogP contribution is 2.27.